The summed E-state index contributed by atoms with van der Waals surface area (Å²) in [5, 5.41) is 11.0. The van der Waals surface area contributed by atoms with Gasteiger partial charge in [0.1, 0.15) is 17.6 Å². The van der Waals surface area contributed by atoms with Gasteiger partial charge >= 0.3 is 0 Å². The van der Waals surface area contributed by atoms with Crippen LogP contribution in [0, 0.1) is 0 Å². The first-order chi connectivity index (χ1) is 15.1. The van der Waals surface area contributed by atoms with Gasteiger partial charge in [-0.05, 0) is 61.0 Å². The van der Waals surface area contributed by atoms with Crippen molar-refractivity contribution in [3.63, 3.8) is 0 Å². The van der Waals surface area contributed by atoms with Crippen molar-refractivity contribution in [3.8, 4) is 5.75 Å². The van der Waals surface area contributed by atoms with E-state index < -0.39 is 17.7 Å². The highest BCUT2D eigenvalue weighted by atomic mass is 16.5. The van der Waals surface area contributed by atoms with Crippen molar-refractivity contribution in [2.24, 2.45) is 0 Å². The number of ether oxygens (including phenoxy) is 1. The second-order valence-electron chi connectivity index (χ2n) is 6.99. The number of aliphatic hydroxyl groups is 1. The number of carbonyl (C=O) groups excluding carboxylic acids is 2. The van der Waals surface area contributed by atoms with Crippen LogP contribution in [-0.2, 0) is 16.1 Å². The zero-order valence-corrected chi connectivity index (χ0v) is 16.9. The molecular formula is C24H21N3O4. The smallest absolute Gasteiger partial charge is 0.296 e. The summed E-state index contributed by atoms with van der Waals surface area (Å²) in [4.78, 5) is 35.7. The molecule has 2 aromatic heterocycles. The van der Waals surface area contributed by atoms with Crippen LogP contribution >= 0.6 is 0 Å². The van der Waals surface area contributed by atoms with Gasteiger partial charge in [-0.1, -0.05) is 6.07 Å². The van der Waals surface area contributed by atoms with Gasteiger partial charge in [0.25, 0.3) is 11.7 Å². The van der Waals surface area contributed by atoms with Crippen molar-refractivity contribution in [3.05, 3.63) is 95.6 Å². The lowest BCUT2D eigenvalue weighted by molar-refractivity contribution is -0.140. The van der Waals surface area contributed by atoms with E-state index in [9.17, 15) is 14.7 Å². The Balaban J connectivity index is 1.80. The number of aliphatic hydroxyl groups excluding tert-OH is 1. The molecule has 1 aromatic carbocycles. The molecule has 7 heteroatoms. The molecule has 3 heterocycles. The summed E-state index contributed by atoms with van der Waals surface area (Å²) in [6, 6.07) is 14.8. The van der Waals surface area contributed by atoms with Crippen molar-refractivity contribution in [1.29, 1.82) is 0 Å². The zero-order valence-electron chi connectivity index (χ0n) is 16.9. The maximum absolute atomic E-state index is 13.0. The number of hydrogen-bond acceptors (Lipinski definition) is 6. The molecule has 1 N–H and O–H groups in total. The Morgan fingerprint density at radius 1 is 1.03 bits per heavy atom. The van der Waals surface area contributed by atoms with E-state index in [2.05, 4.69) is 9.97 Å². The molecule has 0 saturated carbocycles. The molecule has 1 atom stereocenters. The highest BCUT2D eigenvalue weighted by Gasteiger charge is 2.46. The fraction of sp³-hybridized carbons (Fsp3) is 0.167. The number of Topliss-reactive ketones (excluding diaryl/α,β-unsaturated/α-hetero) is 1. The van der Waals surface area contributed by atoms with E-state index in [-0.39, 0.29) is 17.9 Å². The predicted octanol–water partition coefficient (Wildman–Crippen LogP) is 3.50. The summed E-state index contributed by atoms with van der Waals surface area (Å²) < 4.78 is 5.44. The predicted molar refractivity (Wildman–Crippen MR) is 114 cm³/mol. The Labute approximate surface area is 179 Å². The molecule has 156 valence electrons. The number of aromatic nitrogens is 2. The number of pyridine rings is 2. The molecule has 1 aliphatic rings. The minimum absolute atomic E-state index is 0.0157. The van der Waals surface area contributed by atoms with Gasteiger partial charge in [0.15, 0.2) is 0 Å². The average molecular weight is 415 g/mol. The maximum atomic E-state index is 13.0. The minimum atomic E-state index is -0.805. The molecule has 0 radical (unpaired) electrons. The molecular weight excluding hydrogens is 394 g/mol. The fourth-order valence-corrected chi connectivity index (χ4v) is 3.60. The number of likely N-dealkylation sites (tertiary alicyclic amines) is 1. The third-order valence-electron chi connectivity index (χ3n) is 5.05. The van der Waals surface area contributed by atoms with Crippen LogP contribution in [0.25, 0.3) is 5.76 Å². The molecule has 4 rings (SSSR count). The lowest BCUT2D eigenvalue weighted by atomic mass is 9.98. The van der Waals surface area contributed by atoms with Gasteiger partial charge in [-0.25, -0.2) is 0 Å². The van der Waals surface area contributed by atoms with E-state index in [0.29, 0.717) is 23.6 Å². The molecule has 0 spiro atoms. The third-order valence-corrected chi connectivity index (χ3v) is 5.05. The van der Waals surface area contributed by atoms with Gasteiger partial charge < -0.3 is 14.7 Å². The summed E-state index contributed by atoms with van der Waals surface area (Å²) in [7, 11) is 0. The summed E-state index contributed by atoms with van der Waals surface area (Å²) >= 11 is 0. The molecule has 31 heavy (non-hydrogen) atoms. The largest absolute Gasteiger partial charge is 0.507 e. The molecule has 1 amide bonds. The molecule has 1 saturated heterocycles. The van der Waals surface area contributed by atoms with E-state index >= 15 is 0 Å². The van der Waals surface area contributed by atoms with E-state index in [1.807, 2.05) is 6.92 Å². The Morgan fingerprint density at radius 3 is 2.42 bits per heavy atom. The van der Waals surface area contributed by atoms with Crippen molar-refractivity contribution >= 4 is 17.4 Å². The van der Waals surface area contributed by atoms with Crippen LogP contribution in [0.1, 0.15) is 29.8 Å². The molecule has 1 aliphatic heterocycles. The van der Waals surface area contributed by atoms with Crippen LogP contribution in [0.3, 0.4) is 0 Å². The summed E-state index contributed by atoms with van der Waals surface area (Å²) in [5.74, 6) is -1.01. The molecule has 7 nitrogen and oxygen atoms in total. The average Bonchev–Trinajstić information content (AvgIpc) is 3.05. The molecule has 0 bridgehead atoms. The van der Waals surface area contributed by atoms with Gasteiger partial charge in [0.05, 0.1) is 17.9 Å². The van der Waals surface area contributed by atoms with Crippen LogP contribution in [0.5, 0.6) is 5.75 Å². The lowest BCUT2D eigenvalue weighted by Crippen LogP contribution is -2.29. The van der Waals surface area contributed by atoms with Gasteiger partial charge in [-0.3, -0.25) is 19.6 Å². The second kappa shape index (κ2) is 8.79. The highest BCUT2D eigenvalue weighted by molar-refractivity contribution is 6.46. The van der Waals surface area contributed by atoms with E-state index in [1.54, 1.807) is 73.2 Å². The van der Waals surface area contributed by atoms with Gasteiger partial charge in [0.2, 0.25) is 0 Å². The number of rotatable bonds is 6. The standard InChI is InChI=1S/C24H21N3O4/c1-2-31-18-8-6-17(7-9-18)22(28)20-21(19-5-3-4-12-26-19)27(24(30)23(20)29)15-16-10-13-25-14-11-16/h3-14,21,28H,2,15H2,1H3/b22-20-. The van der Waals surface area contributed by atoms with E-state index in [1.165, 1.54) is 4.90 Å². The number of hydrogen-bond donors (Lipinski definition) is 1. The second-order valence-corrected chi connectivity index (χ2v) is 6.99. The Bertz CT molecular complexity index is 1110. The van der Waals surface area contributed by atoms with E-state index in [0.717, 1.165) is 5.56 Å². The van der Waals surface area contributed by atoms with Crippen molar-refractivity contribution in [2.75, 3.05) is 6.61 Å². The SMILES string of the molecule is CCOc1ccc(/C(O)=C2/C(=O)C(=O)N(Cc3ccncc3)C2c2ccccn2)cc1. The first-order valence-electron chi connectivity index (χ1n) is 9.91. The normalized spacial score (nSPS) is 17.7. The van der Waals surface area contributed by atoms with Crippen LogP contribution in [0.15, 0.2) is 78.8 Å². The number of amides is 1. The van der Waals surface area contributed by atoms with Crippen molar-refractivity contribution in [2.45, 2.75) is 19.5 Å². The third kappa shape index (κ3) is 4.02. The summed E-state index contributed by atoms with van der Waals surface area (Å²) in [5.41, 5.74) is 1.76. The molecule has 3 aromatic rings. The number of nitrogens with zero attached hydrogens (tertiary/aromatic N) is 3. The van der Waals surface area contributed by atoms with Crippen LogP contribution in [-0.4, -0.2) is 38.3 Å². The first kappa shape index (κ1) is 20.3. The number of carbonyl (C=O) groups is 2. The molecule has 0 aliphatic carbocycles. The van der Waals surface area contributed by atoms with Crippen molar-refractivity contribution in [1.82, 2.24) is 14.9 Å². The zero-order chi connectivity index (χ0) is 21.8. The van der Waals surface area contributed by atoms with Crippen molar-refractivity contribution < 1.29 is 19.4 Å². The van der Waals surface area contributed by atoms with Crippen LogP contribution in [0.4, 0.5) is 0 Å². The van der Waals surface area contributed by atoms with Gasteiger partial charge in [0, 0.05) is 30.7 Å². The first-order valence-corrected chi connectivity index (χ1v) is 9.91. The lowest BCUT2D eigenvalue weighted by Gasteiger charge is -2.24. The minimum Gasteiger partial charge on any atom is -0.507 e. The summed E-state index contributed by atoms with van der Waals surface area (Å²) in [6.07, 6.45) is 4.85. The van der Waals surface area contributed by atoms with Crippen LogP contribution in [0.2, 0.25) is 0 Å². The van der Waals surface area contributed by atoms with E-state index in [4.69, 9.17) is 4.74 Å². The van der Waals surface area contributed by atoms with Gasteiger partial charge in [-0.15, -0.1) is 0 Å². The Kier molecular flexibility index (Phi) is 5.75. The topological polar surface area (TPSA) is 92.6 Å². The van der Waals surface area contributed by atoms with Crippen LogP contribution < -0.4 is 4.74 Å². The number of ketones is 1. The quantitative estimate of drug-likeness (QED) is 0.376. The molecule has 1 unspecified atom stereocenters. The number of benzene rings is 1. The highest BCUT2D eigenvalue weighted by Crippen LogP contribution is 2.39. The Hall–Kier alpha value is -4.00. The summed E-state index contributed by atoms with van der Waals surface area (Å²) in [6.45, 7) is 2.59. The fourth-order valence-electron chi connectivity index (χ4n) is 3.60. The molecule has 1 fully saturated rings. The maximum Gasteiger partial charge on any atom is 0.296 e. The Morgan fingerprint density at radius 2 is 1.77 bits per heavy atom. The monoisotopic (exact) mass is 415 g/mol. The van der Waals surface area contributed by atoms with Gasteiger partial charge in [-0.2, -0.15) is 0 Å².